The first-order chi connectivity index (χ1) is 12.9. The van der Waals surface area contributed by atoms with Crippen molar-refractivity contribution in [3.63, 3.8) is 0 Å². The SMILES string of the molecule is COc1ccc(C(CNC(=O)CCc2cccc(Cl)c2)N(C)C)cc1OC. The van der Waals surface area contributed by atoms with E-state index in [2.05, 4.69) is 10.2 Å². The third kappa shape index (κ3) is 6.15. The van der Waals surface area contributed by atoms with E-state index in [-0.39, 0.29) is 11.9 Å². The zero-order valence-electron chi connectivity index (χ0n) is 16.3. The zero-order valence-corrected chi connectivity index (χ0v) is 17.0. The fraction of sp³-hybridized carbons (Fsp3) is 0.381. The van der Waals surface area contributed by atoms with Crippen LogP contribution in [0.4, 0.5) is 0 Å². The lowest BCUT2D eigenvalue weighted by Crippen LogP contribution is -2.34. The molecule has 0 spiro atoms. The van der Waals surface area contributed by atoms with Crippen molar-refractivity contribution in [1.29, 1.82) is 0 Å². The number of nitrogens with one attached hydrogen (secondary N) is 1. The molecule has 2 rings (SSSR count). The number of likely N-dealkylation sites (N-methyl/N-ethyl adjacent to an activating group) is 1. The highest BCUT2D eigenvalue weighted by Crippen LogP contribution is 2.31. The second-order valence-electron chi connectivity index (χ2n) is 6.53. The number of hydrogen-bond donors (Lipinski definition) is 1. The molecule has 0 aromatic heterocycles. The Bertz CT molecular complexity index is 765. The van der Waals surface area contributed by atoms with E-state index in [1.807, 2.05) is 56.6 Å². The maximum Gasteiger partial charge on any atom is 0.220 e. The third-order valence-electron chi connectivity index (χ3n) is 4.44. The standard InChI is InChI=1S/C21H27ClN2O3/c1-24(2)18(16-9-10-19(26-3)20(13-16)27-4)14-23-21(25)11-8-15-6-5-7-17(22)12-15/h5-7,9-10,12-13,18H,8,11,14H2,1-4H3,(H,23,25). The van der Waals surface area contributed by atoms with Gasteiger partial charge < -0.3 is 19.7 Å². The Hall–Kier alpha value is -2.24. The molecule has 27 heavy (non-hydrogen) atoms. The summed E-state index contributed by atoms with van der Waals surface area (Å²) in [5, 5.41) is 3.72. The van der Waals surface area contributed by atoms with Crippen molar-refractivity contribution in [2.45, 2.75) is 18.9 Å². The van der Waals surface area contributed by atoms with E-state index < -0.39 is 0 Å². The summed E-state index contributed by atoms with van der Waals surface area (Å²) in [5.74, 6) is 1.38. The summed E-state index contributed by atoms with van der Waals surface area (Å²) in [6, 6.07) is 13.4. The van der Waals surface area contributed by atoms with Crippen LogP contribution in [0.3, 0.4) is 0 Å². The van der Waals surface area contributed by atoms with E-state index in [0.717, 1.165) is 11.1 Å². The molecule has 2 aromatic rings. The van der Waals surface area contributed by atoms with Crippen LogP contribution in [0.5, 0.6) is 11.5 Å². The number of benzene rings is 2. The van der Waals surface area contributed by atoms with Gasteiger partial charge in [-0.15, -0.1) is 0 Å². The molecule has 146 valence electrons. The maximum absolute atomic E-state index is 12.3. The summed E-state index contributed by atoms with van der Waals surface area (Å²) >= 11 is 5.99. The Labute approximate surface area is 166 Å². The van der Waals surface area contributed by atoms with E-state index in [1.165, 1.54) is 0 Å². The largest absolute Gasteiger partial charge is 0.493 e. The Morgan fingerprint density at radius 1 is 1.11 bits per heavy atom. The molecule has 0 bridgehead atoms. The highest BCUT2D eigenvalue weighted by Gasteiger charge is 2.17. The number of ether oxygens (including phenoxy) is 2. The van der Waals surface area contributed by atoms with Crippen molar-refractivity contribution in [3.8, 4) is 11.5 Å². The predicted octanol–water partition coefficient (Wildman–Crippen LogP) is 3.71. The average Bonchev–Trinajstić information content (AvgIpc) is 2.66. The molecule has 5 nitrogen and oxygen atoms in total. The lowest BCUT2D eigenvalue weighted by Gasteiger charge is -2.26. The summed E-state index contributed by atoms with van der Waals surface area (Å²) in [6.45, 7) is 0.511. The van der Waals surface area contributed by atoms with Gasteiger partial charge in [0.25, 0.3) is 0 Å². The van der Waals surface area contributed by atoms with Crippen LogP contribution in [-0.2, 0) is 11.2 Å². The van der Waals surface area contributed by atoms with Gasteiger partial charge in [0.05, 0.1) is 20.3 Å². The number of hydrogen-bond acceptors (Lipinski definition) is 4. The zero-order chi connectivity index (χ0) is 19.8. The van der Waals surface area contributed by atoms with Crippen LogP contribution < -0.4 is 14.8 Å². The smallest absolute Gasteiger partial charge is 0.220 e. The van der Waals surface area contributed by atoms with Crippen LogP contribution in [0.15, 0.2) is 42.5 Å². The number of halogens is 1. The van der Waals surface area contributed by atoms with E-state index in [4.69, 9.17) is 21.1 Å². The fourth-order valence-electron chi connectivity index (χ4n) is 2.91. The lowest BCUT2D eigenvalue weighted by atomic mass is 10.0. The lowest BCUT2D eigenvalue weighted by molar-refractivity contribution is -0.121. The average molecular weight is 391 g/mol. The van der Waals surface area contributed by atoms with Gasteiger partial charge in [-0.2, -0.15) is 0 Å². The summed E-state index contributed by atoms with van der Waals surface area (Å²) in [5.41, 5.74) is 2.11. The first kappa shape index (κ1) is 21.1. The second-order valence-corrected chi connectivity index (χ2v) is 6.96. The topological polar surface area (TPSA) is 50.8 Å². The molecule has 0 saturated heterocycles. The van der Waals surface area contributed by atoms with Crippen molar-refractivity contribution >= 4 is 17.5 Å². The Kier molecular flexibility index (Phi) is 7.95. The highest BCUT2D eigenvalue weighted by atomic mass is 35.5. The molecular weight excluding hydrogens is 364 g/mol. The minimum Gasteiger partial charge on any atom is -0.493 e. The van der Waals surface area contributed by atoms with Gasteiger partial charge in [0, 0.05) is 18.0 Å². The van der Waals surface area contributed by atoms with E-state index in [0.29, 0.717) is 35.9 Å². The van der Waals surface area contributed by atoms with Gasteiger partial charge >= 0.3 is 0 Å². The molecule has 0 aliphatic rings. The number of rotatable bonds is 9. The van der Waals surface area contributed by atoms with Crippen LogP contribution in [0, 0.1) is 0 Å². The molecule has 0 saturated carbocycles. The van der Waals surface area contributed by atoms with Gasteiger partial charge in [-0.1, -0.05) is 29.8 Å². The second kappa shape index (κ2) is 10.2. The molecule has 0 aliphatic carbocycles. The van der Waals surface area contributed by atoms with Crippen LogP contribution in [-0.4, -0.2) is 45.7 Å². The highest BCUT2D eigenvalue weighted by molar-refractivity contribution is 6.30. The molecule has 1 atom stereocenters. The van der Waals surface area contributed by atoms with Crippen molar-refractivity contribution < 1.29 is 14.3 Å². The molecule has 1 amide bonds. The van der Waals surface area contributed by atoms with E-state index >= 15 is 0 Å². The van der Waals surface area contributed by atoms with E-state index in [9.17, 15) is 4.79 Å². The van der Waals surface area contributed by atoms with Gasteiger partial charge in [-0.05, 0) is 55.9 Å². The van der Waals surface area contributed by atoms with Crippen molar-refractivity contribution in [2.24, 2.45) is 0 Å². The Morgan fingerprint density at radius 2 is 1.85 bits per heavy atom. The number of carbonyl (C=O) groups excluding carboxylic acids is 1. The summed E-state index contributed by atoms with van der Waals surface area (Å²) in [6.07, 6.45) is 1.09. The Balaban J connectivity index is 1.97. The number of nitrogens with zero attached hydrogens (tertiary/aromatic N) is 1. The number of methoxy groups -OCH3 is 2. The minimum absolute atomic E-state index is 0.0160. The quantitative estimate of drug-likeness (QED) is 0.709. The number of carbonyl (C=O) groups is 1. The molecular formula is C21H27ClN2O3. The van der Waals surface area contributed by atoms with Crippen LogP contribution in [0.2, 0.25) is 5.02 Å². The summed E-state index contributed by atoms with van der Waals surface area (Å²) < 4.78 is 10.7. The first-order valence-corrected chi connectivity index (χ1v) is 9.22. The molecule has 2 aromatic carbocycles. The monoisotopic (exact) mass is 390 g/mol. The van der Waals surface area contributed by atoms with Crippen molar-refractivity contribution in [1.82, 2.24) is 10.2 Å². The van der Waals surface area contributed by atoms with Crippen LogP contribution in [0.1, 0.15) is 23.6 Å². The molecule has 0 aliphatic heterocycles. The minimum atomic E-state index is 0.0160. The first-order valence-electron chi connectivity index (χ1n) is 8.84. The molecule has 1 unspecified atom stereocenters. The molecule has 1 N–H and O–H groups in total. The molecule has 0 heterocycles. The Morgan fingerprint density at radius 3 is 2.48 bits per heavy atom. The van der Waals surface area contributed by atoms with Gasteiger partial charge in [-0.25, -0.2) is 0 Å². The summed E-state index contributed by atoms with van der Waals surface area (Å²) in [7, 11) is 7.20. The number of aryl methyl sites for hydroxylation is 1. The summed E-state index contributed by atoms with van der Waals surface area (Å²) in [4.78, 5) is 14.3. The van der Waals surface area contributed by atoms with Gasteiger partial charge in [-0.3, -0.25) is 4.79 Å². The molecule has 0 radical (unpaired) electrons. The predicted molar refractivity (Wildman–Crippen MR) is 109 cm³/mol. The van der Waals surface area contributed by atoms with Gasteiger partial charge in [0.15, 0.2) is 11.5 Å². The van der Waals surface area contributed by atoms with Gasteiger partial charge in [0.2, 0.25) is 5.91 Å². The third-order valence-corrected chi connectivity index (χ3v) is 4.67. The normalized spacial score (nSPS) is 11.9. The fourth-order valence-corrected chi connectivity index (χ4v) is 3.12. The molecule has 0 fully saturated rings. The van der Waals surface area contributed by atoms with Crippen molar-refractivity contribution in [2.75, 3.05) is 34.9 Å². The molecule has 6 heteroatoms. The van der Waals surface area contributed by atoms with Crippen molar-refractivity contribution in [3.05, 3.63) is 58.6 Å². The van der Waals surface area contributed by atoms with E-state index in [1.54, 1.807) is 14.2 Å². The van der Waals surface area contributed by atoms with Crippen LogP contribution >= 0.6 is 11.6 Å². The number of amides is 1. The van der Waals surface area contributed by atoms with Gasteiger partial charge in [0.1, 0.15) is 0 Å². The van der Waals surface area contributed by atoms with Crippen LogP contribution in [0.25, 0.3) is 0 Å². The maximum atomic E-state index is 12.3.